The molecular weight excluding hydrogens is 1040 g/mol. The molecule has 1 fully saturated rings. The maximum atomic E-state index is 13.2. The second-order valence-electron chi connectivity index (χ2n) is 23.5. The van der Waals surface area contributed by atoms with Gasteiger partial charge in [-0.3, -0.25) is 14.4 Å². The molecule has 0 aromatic rings. The number of hydrogen-bond donors (Lipinski definition) is 3. The highest BCUT2D eigenvalue weighted by atomic mass is 16.7. The third kappa shape index (κ3) is 48.3. The third-order valence-corrected chi connectivity index (χ3v) is 15.5. The molecule has 12 heteroatoms. The predicted molar refractivity (Wildman–Crippen MR) is 340 cm³/mol. The molecule has 12 nitrogen and oxygen atoms in total. The van der Waals surface area contributed by atoms with Gasteiger partial charge in [0.1, 0.15) is 18.8 Å². The van der Waals surface area contributed by atoms with Gasteiger partial charge in [0.2, 0.25) is 0 Å². The fourth-order valence-corrected chi connectivity index (χ4v) is 10.2. The first-order valence-electron chi connectivity index (χ1n) is 34.3. The summed E-state index contributed by atoms with van der Waals surface area (Å²) in [5, 5.41) is 31.6. The van der Waals surface area contributed by atoms with Gasteiger partial charge in [0, 0.05) is 19.3 Å². The highest BCUT2D eigenvalue weighted by Gasteiger charge is 2.50. The molecule has 1 saturated heterocycles. The van der Waals surface area contributed by atoms with Crippen LogP contribution in [0.5, 0.6) is 0 Å². The van der Waals surface area contributed by atoms with Gasteiger partial charge < -0.3 is 39.0 Å². The lowest BCUT2D eigenvalue weighted by Crippen LogP contribution is -2.61. The van der Waals surface area contributed by atoms with E-state index >= 15 is 0 Å². The number of aliphatic hydroxyl groups is 2. The van der Waals surface area contributed by atoms with Crippen molar-refractivity contribution >= 4 is 23.9 Å². The zero-order valence-corrected chi connectivity index (χ0v) is 53.2. The summed E-state index contributed by atoms with van der Waals surface area (Å²) in [4.78, 5) is 51.4. The van der Waals surface area contributed by atoms with Crippen LogP contribution in [-0.2, 0) is 42.9 Å². The number of ether oxygens (including phenoxy) is 5. The normalized spacial score (nSPS) is 17.9. The van der Waals surface area contributed by atoms with Gasteiger partial charge in [-0.1, -0.05) is 248 Å². The minimum absolute atomic E-state index is 0.0505. The summed E-state index contributed by atoms with van der Waals surface area (Å²) >= 11 is 0. The quantitative estimate of drug-likeness (QED) is 0.0228. The molecule has 1 heterocycles. The van der Waals surface area contributed by atoms with Gasteiger partial charge in [-0.2, -0.15) is 0 Å². The fourth-order valence-electron chi connectivity index (χ4n) is 10.2. The van der Waals surface area contributed by atoms with Crippen LogP contribution in [0.1, 0.15) is 316 Å². The Morgan fingerprint density at radius 1 is 0.398 bits per heavy atom. The summed E-state index contributed by atoms with van der Waals surface area (Å²) in [5.74, 6) is -3.12. The van der Waals surface area contributed by atoms with E-state index in [2.05, 4.69) is 81.5 Å². The Morgan fingerprint density at radius 3 is 1.12 bits per heavy atom. The van der Waals surface area contributed by atoms with Crippen LogP contribution in [0.2, 0.25) is 0 Å². The summed E-state index contributed by atoms with van der Waals surface area (Å²) in [5.41, 5.74) is 0. The number of hydrogen-bond acceptors (Lipinski definition) is 11. The molecule has 0 bridgehead atoms. The third-order valence-electron chi connectivity index (χ3n) is 15.5. The lowest BCUT2D eigenvalue weighted by atomic mass is 9.98. The Balaban J connectivity index is 2.65. The zero-order chi connectivity index (χ0) is 60.3. The molecule has 0 spiro atoms. The highest BCUT2D eigenvalue weighted by Crippen LogP contribution is 2.27. The number of rotatable bonds is 59. The molecule has 3 N–H and O–H groups in total. The van der Waals surface area contributed by atoms with E-state index in [0.717, 1.165) is 109 Å². The first kappa shape index (κ1) is 77.4. The standard InChI is InChI=1S/C71H124O12/c1-4-7-10-13-16-19-22-25-28-30-32-34-37-39-42-45-48-51-54-57-63(72)79-60-62(81-64(73)58-55-52-49-46-43-41-38-35-33-31-29-26-23-20-17-14-11-8-5-2)61-80-71-69(67(76)66(75)68(83-71)70(77)78)82-65(74)59-56-53-50-47-44-40-36-27-24-21-18-15-12-9-6-3/h16-17,19-20,25-29,36,62,66-69,71,75-76H,4-15,18,21-24,30-35,37-61H2,1-3H3,(H,77,78)/b19-16-,20-17-,28-25-,29-26-,36-27-. The van der Waals surface area contributed by atoms with Crippen LogP contribution in [0.4, 0.5) is 0 Å². The summed E-state index contributed by atoms with van der Waals surface area (Å²) in [7, 11) is 0. The number of carboxylic acids is 1. The Bertz CT molecular complexity index is 1670. The number of unbranched alkanes of at least 4 members (excludes halogenated alkanes) is 35. The Labute approximate surface area is 506 Å². The molecule has 83 heavy (non-hydrogen) atoms. The van der Waals surface area contributed by atoms with E-state index in [1.165, 1.54) is 148 Å². The van der Waals surface area contributed by atoms with E-state index in [1.54, 1.807) is 0 Å². The maximum Gasteiger partial charge on any atom is 0.335 e. The van der Waals surface area contributed by atoms with Gasteiger partial charge in [-0.25, -0.2) is 4.79 Å². The van der Waals surface area contributed by atoms with E-state index < -0.39 is 67.3 Å². The molecular formula is C71H124O12. The largest absolute Gasteiger partial charge is 0.479 e. The Hall–Kier alpha value is -3.58. The average Bonchev–Trinajstić information content (AvgIpc) is 3.58. The van der Waals surface area contributed by atoms with Crippen molar-refractivity contribution < 1.29 is 58.2 Å². The average molecular weight is 1170 g/mol. The molecule has 1 aliphatic heterocycles. The zero-order valence-electron chi connectivity index (χ0n) is 53.2. The number of carboxylic acid groups (broad SMARTS) is 1. The van der Waals surface area contributed by atoms with Crippen molar-refractivity contribution in [2.45, 2.75) is 353 Å². The van der Waals surface area contributed by atoms with E-state index in [9.17, 15) is 34.5 Å². The van der Waals surface area contributed by atoms with Crippen LogP contribution in [0, 0.1) is 0 Å². The highest BCUT2D eigenvalue weighted by molar-refractivity contribution is 5.74. The number of carbonyl (C=O) groups is 4. The monoisotopic (exact) mass is 1170 g/mol. The topological polar surface area (TPSA) is 175 Å². The molecule has 0 amide bonds. The predicted octanol–water partition coefficient (Wildman–Crippen LogP) is 18.7. The minimum Gasteiger partial charge on any atom is -0.479 e. The van der Waals surface area contributed by atoms with E-state index in [4.69, 9.17) is 23.7 Å². The molecule has 6 atom stereocenters. The van der Waals surface area contributed by atoms with Crippen LogP contribution < -0.4 is 0 Å². The van der Waals surface area contributed by atoms with Gasteiger partial charge in [-0.05, 0) is 109 Å². The summed E-state index contributed by atoms with van der Waals surface area (Å²) in [6, 6.07) is 0. The van der Waals surface area contributed by atoms with Crippen LogP contribution in [-0.4, -0.2) is 89.2 Å². The molecule has 0 saturated carbocycles. The number of aliphatic hydroxyl groups excluding tert-OH is 2. The molecule has 1 aliphatic rings. The second kappa shape index (κ2) is 58.8. The van der Waals surface area contributed by atoms with Crippen molar-refractivity contribution in [2.75, 3.05) is 13.2 Å². The van der Waals surface area contributed by atoms with E-state index in [1.807, 2.05) is 0 Å². The number of allylic oxidation sites excluding steroid dienone is 10. The fraction of sp³-hybridized carbons (Fsp3) is 0.803. The summed E-state index contributed by atoms with van der Waals surface area (Å²) in [6.45, 7) is 5.97. The Morgan fingerprint density at radius 2 is 0.723 bits per heavy atom. The lowest BCUT2D eigenvalue weighted by Gasteiger charge is -2.40. The van der Waals surface area contributed by atoms with Crippen LogP contribution in [0.15, 0.2) is 60.8 Å². The van der Waals surface area contributed by atoms with Crippen molar-refractivity contribution in [3.05, 3.63) is 60.8 Å². The van der Waals surface area contributed by atoms with Gasteiger partial charge in [0.15, 0.2) is 24.6 Å². The van der Waals surface area contributed by atoms with Gasteiger partial charge in [0.25, 0.3) is 0 Å². The molecule has 6 unspecified atom stereocenters. The molecule has 0 aliphatic carbocycles. The van der Waals surface area contributed by atoms with Crippen molar-refractivity contribution in [3.8, 4) is 0 Å². The van der Waals surface area contributed by atoms with E-state index in [-0.39, 0.29) is 25.9 Å². The van der Waals surface area contributed by atoms with Crippen LogP contribution in [0.3, 0.4) is 0 Å². The van der Waals surface area contributed by atoms with Gasteiger partial charge >= 0.3 is 23.9 Å². The smallest absolute Gasteiger partial charge is 0.335 e. The van der Waals surface area contributed by atoms with E-state index in [0.29, 0.717) is 19.3 Å². The first-order valence-corrected chi connectivity index (χ1v) is 34.3. The molecule has 0 aromatic heterocycles. The SMILES string of the molecule is CCCCC/C=C\C/C=C\CCCCCCCCCCCC(=O)OCC(COC1OC(C(=O)O)C(O)C(O)C1OC(=O)CCCCCCC/C=C\CCCCCCCC)OC(=O)CCCCCCCCCCC/C=C\C/C=C\CCCCC. The summed E-state index contributed by atoms with van der Waals surface area (Å²) in [6.07, 6.45) is 61.7. The van der Waals surface area contributed by atoms with Crippen molar-refractivity contribution in [3.63, 3.8) is 0 Å². The Kier molecular flexibility index (Phi) is 54.8. The second-order valence-corrected chi connectivity index (χ2v) is 23.5. The molecule has 1 rings (SSSR count). The number of aliphatic carboxylic acids is 1. The van der Waals surface area contributed by atoms with Crippen molar-refractivity contribution in [1.82, 2.24) is 0 Å². The van der Waals surface area contributed by atoms with Crippen LogP contribution >= 0.6 is 0 Å². The van der Waals surface area contributed by atoms with Gasteiger partial charge in [0.05, 0.1) is 6.61 Å². The number of esters is 3. The molecule has 480 valence electrons. The lowest BCUT2D eigenvalue weighted by molar-refractivity contribution is -0.301. The minimum atomic E-state index is -1.91. The van der Waals surface area contributed by atoms with Crippen LogP contribution in [0.25, 0.3) is 0 Å². The molecule has 0 radical (unpaired) electrons. The maximum absolute atomic E-state index is 13.2. The molecule has 0 aromatic carbocycles. The van der Waals surface area contributed by atoms with Gasteiger partial charge in [-0.15, -0.1) is 0 Å². The number of carbonyl (C=O) groups excluding carboxylic acids is 3. The van der Waals surface area contributed by atoms with Crippen molar-refractivity contribution in [2.24, 2.45) is 0 Å². The first-order chi connectivity index (χ1) is 40.6. The van der Waals surface area contributed by atoms with Crippen molar-refractivity contribution in [1.29, 1.82) is 0 Å². The summed E-state index contributed by atoms with van der Waals surface area (Å²) < 4.78 is 28.6.